The molecular weight excluding hydrogens is 173 g/mol. The number of benzene rings is 1. The van der Waals surface area contributed by atoms with Crippen molar-refractivity contribution in [1.29, 1.82) is 0 Å². The van der Waals surface area contributed by atoms with Crippen LogP contribution in [0.4, 0.5) is 5.69 Å². The van der Waals surface area contributed by atoms with Gasteiger partial charge in [0.2, 0.25) is 0 Å². The maximum absolute atomic E-state index is 11.7. The van der Waals surface area contributed by atoms with Crippen molar-refractivity contribution < 1.29 is 4.79 Å². The Bertz CT molecular complexity index is 490. The summed E-state index contributed by atoms with van der Waals surface area (Å²) in [5, 5.41) is 0. The van der Waals surface area contributed by atoms with E-state index in [-0.39, 0.29) is 5.91 Å². The summed E-state index contributed by atoms with van der Waals surface area (Å²) in [6.07, 6.45) is 4.00. The summed E-state index contributed by atoms with van der Waals surface area (Å²) in [4.78, 5) is 13.4. The number of anilines is 1. The molecular formula is C11H7BNO. The van der Waals surface area contributed by atoms with Gasteiger partial charge in [-0.1, -0.05) is 0 Å². The summed E-state index contributed by atoms with van der Waals surface area (Å²) in [5.74, 6) is -0.0724. The van der Waals surface area contributed by atoms with E-state index in [1.807, 2.05) is 30.4 Å². The van der Waals surface area contributed by atoms with Crippen LogP contribution in [0.2, 0.25) is 0 Å². The number of carbonyl (C=O) groups is 1. The summed E-state index contributed by atoms with van der Waals surface area (Å²) in [7, 11) is 5.75. The third-order valence-corrected chi connectivity index (χ3v) is 2.69. The Kier molecular flexibility index (Phi) is 1.35. The molecule has 1 aromatic carbocycles. The second kappa shape index (κ2) is 2.44. The first-order valence-electron chi connectivity index (χ1n) is 4.53. The molecule has 0 saturated heterocycles. The van der Waals surface area contributed by atoms with Gasteiger partial charge in [-0.05, 0) is 0 Å². The molecule has 0 fully saturated rings. The van der Waals surface area contributed by atoms with E-state index in [9.17, 15) is 4.79 Å². The summed E-state index contributed by atoms with van der Waals surface area (Å²) in [6, 6.07) is 5.81. The SMILES string of the molecule is [B]=C1C(=O)N2CC=Cc3cccc1c32. The van der Waals surface area contributed by atoms with E-state index in [0.717, 1.165) is 16.8 Å². The molecule has 0 N–H and O–H groups in total. The molecule has 3 rings (SSSR count). The zero-order valence-corrected chi connectivity index (χ0v) is 7.53. The Morgan fingerprint density at radius 1 is 1.36 bits per heavy atom. The van der Waals surface area contributed by atoms with Gasteiger partial charge in [-0.3, -0.25) is 0 Å². The molecule has 1 aromatic rings. The Morgan fingerprint density at radius 2 is 2.21 bits per heavy atom. The molecule has 1 amide bonds. The quantitative estimate of drug-likeness (QED) is 0.539. The van der Waals surface area contributed by atoms with E-state index in [1.165, 1.54) is 0 Å². The number of carbonyl (C=O) groups excluding carboxylic acids is 1. The molecule has 14 heavy (non-hydrogen) atoms. The van der Waals surface area contributed by atoms with E-state index in [0.29, 0.717) is 12.0 Å². The third kappa shape index (κ3) is 0.770. The first-order valence-corrected chi connectivity index (χ1v) is 4.53. The molecule has 0 bridgehead atoms. The number of hydrogen-bond acceptors (Lipinski definition) is 1. The molecule has 3 heteroatoms. The van der Waals surface area contributed by atoms with Crippen molar-refractivity contribution >= 4 is 30.6 Å². The predicted octanol–water partition coefficient (Wildman–Crippen LogP) is 0.749. The monoisotopic (exact) mass is 180 g/mol. The average molecular weight is 180 g/mol. The van der Waals surface area contributed by atoms with E-state index >= 15 is 0 Å². The van der Waals surface area contributed by atoms with Crippen LogP contribution in [0, 0.1) is 0 Å². The first-order chi connectivity index (χ1) is 6.79. The van der Waals surface area contributed by atoms with Crippen LogP contribution in [-0.4, -0.2) is 25.4 Å². The van der Waals surface area contributed by atoms with Crippen LogP contribution in [0.25, 0.3) is 6.08 Å². The van der Waals surface area contributed by atoms with Gasteiger partial charge in [-0.15, -0.1) is 0 Å². The molecule has 2 aliphatic heterocycles. The summed E-state index contributed by atoms with van der Waals surface area (Å²) in [5.41, 5.74) is 3.28. The van der Waals surface area contributed by atoms with E-state index in [2.05, 4.69) is 0 Å². The maximum atomic E-state index is 11.7. The van der Waals surface area contributed by atoms with Crippen molar-refractivity contribution in [3.8, 4) is 0 Å². The Hall–Kier alpha value is -1.64. The Labute approximate surface area is 82.9 Å². The van der Waals surface area contributed by atoms with Gasteiger partial charge in [0.15, 0.2) is 0 Å². The zero-order valence-electron chi connectivity index (χ0n) is 7.53. The fraction of sp³-hybridized carbons (Fsp3) is 0.0909. The van der Waals surface area contributed by atoms with Gasteiger partial charge in [0.05, 0.1) is 0 Å². The Morgan fingerprint density at radius 3 is 3.07 bits per heavy atom. The topological polar surface area (TPSA) is 20.3 Å². The van der Waals surface area contributed by atoms with Crippen molar-refractivity contribution in [2.24, 2.45) is 0 Å². The van der Waals surface area contributed by atoms with Crippen molar-refractivity contribution in [3.05, 3.63) is 35.4 Å². The fourth-order valence-corrected chi connectivity index (χ4v) is 2.04. The van der Waals surface area contributed by atoms with Crippen molar-refractivity contribution in [2.45, 2.75) is 0 Å². The molecule has 1 radical (unpaired) electrons. The average Bonchev–Trinajstić information content (AvgIpc) is 2.47. The molecule has 0 saturated carbocycles. The molecule has 65 valence electrons. The van der Waals surface area contributed by atoms with E-state index in [4.69, 9.17) is 7.49 Å². The van der Waals surface area contributed by atoms with Crippen LogP contribution in [0.15, 0.2) is 24.3 Å². The molecule has 0 aliphatic carbocycles. The van der Waals surface area contributed by atoms with Crippen LogP contribution >= 0.6 is 0 Å². The minimum absolute atomic E-state index is 0.0724. The molecule has 0 spiro atoms. The number of nitrogens with zero attached hydrogens (tertiary/aromatic N) is 1. The van der Waals surface area contributed by atoms with Gasteiger partial charge in [0, 0.05) is 0 Å². The van der Waals surface area contributed by atoms with Gasteiger partial charge in [0.25, 0.3) is 0 Å². The molecule has 0 aromatic heterocycles. The van der Waals surface area contributed by atoms with Gasteiger partial charge in [-0.25, -0.2) is 0 Å². The van der Waals surface area contributed by atoms with E-state index in [1.54, 1.807) is 4.90 Å². The third-order valence-electron chi connectivity index (χ3n) is 2.69. The van der Waals surface area contributed by atoms with Gasteiger partial charge < -0.3 is 0 Å². The van der Waals surface area contributed by atoms with Crippen LogP contribution in [-0.2, 0) is 4.79 Å². The molecule has 0 atom stereocenters. The summed E-state index contributed by atoms with van der Waals surface area (Å²) < 4.78 is 0. The van der Waals surface area contributed by atoms with E-state index < -0.39 is 0 Å². The Balaban J connectivity index is 2.38. The normalized spacial score (nSPS) is 17.5. The standard InChI is InChI=1S/C11H7BNO/c12-9-8-5-1-3-7-4-2-6-13(10(7)8)11(9)14/h1-5H,6H2. The van der Waals surface area contributed by atoms with Crippen LogP contribution < -0.4 is 4.90 Å². The summed E-state index contributed by atoms with van der Waals surface area (Å²) >= 11 is 0. The van der Waals surface area contributed by atoms with Gasteiger partial charge in [-0.2, -0.15) is 0 Å². The van der Waals surface area contributed by atoms with Crippen LogP contribution in [0.1, 0.15) is 11.1 Å². The fourth-order valence-electron chi connectivity index (χ4n) is 2.04. The molecule has 2 aliphatic rings. The van der Waals surface area contributed by atoms with Crippen molar-refractivity contribution in [1.82, 2.24) is 0 Å². The van der Waals surface area contributed by atoms with Crippen LogP contribution in [0.5, 0.6) is 0 Å². The second-order valence-electron chi connectivity index (χ2n) is 3.48. The van der Waals surface area contributed by atoms with Gasteiger partial charge >= 0.3 is 82.3 Å². The molecule has 2 nitrogen and oxygen atoms in total. The van der Waals surface area contributed by atoms with Crippen molar-refractivity contribution in [3.63, 3.8) is 0 Å². The molecule has 0 unspecified atom stereocenters. The molecule has 2 heterocycles. The number of rotatable bonds is 0. The predicted molar refractivity (Wildman–Crippen MR) is 57.7 cm³/mol. The zero-order chi connectivity index (χ0) is 9.71. The second-order valence-corrected chi connectivity index (χ2v) is 3.48. The first kappa shape index (κ1) is 7.74. The van der Waals surface area contributed by atoms with Crippen molar-refractivity contribution in [2.75, 3.05) is 11.4 Å². The summed E-state index contributed by atoms with van der Waals surface area (Å²) in [6.45, 7) is 0.629. The van der Waals surface area contributed by atoms with Crippen LogP contribution in [0.3, 0.4) is 0 Å². The number of para-hydroxylation sites is 1. The number of hydrogen-bond donors (Lipinski definition) is 0. The van der Waals surface area contributed by atoms with Gasteiger partial charge in [0.1, 0.15) is 0 Å². The minimum atomic E-state index is -0.0724. The number of amides is 1.